The molecule has 134 valence electrons. The number of hydrogen-bond acceptors (Lipinski definition) is 1. The van der Waals surface area contributed by atoms with E-state index in [1.54, 1.807) is 0 Å². The molecule has 0 spiro atoms. The fourth-order valence-electron chi connectivity index (χ4n) is 3.28. The molecule has 2 aromatic carbocycles. The van der Waals surface area contributed by atoms with Crippen molar-refractivity contribution in [3.05, 3.63) is 89.3 Å². The van der Waals surface area contributed by atoms with Gasteiger partial charge in [0.15, 0.2) is 0 Å². The normalized spacial score (nSPS) is 11.6. The van der Waals surface area contributed by atoms with Gasteiger partial charge in [0, 0.05) is 6.20 Å². The number of hydrogen-bond donors (Lipinski definition) is 0. The summed E-state index contributed by atoms with van der Waals surface area (Å²) >= 11 is 0. The first kappa shape index (κ1) is 18.2. The Hall–Kier alpha value is -2.61. The largest absolute Gasteiger partial charge is 0.240 e. The lowest BCUT2D eigenvalue weighted by atomic mass is 9.76. The van der Waals surface area contributed by atoms with Crippen molar-refractivity contribution in [2.24, 2.45) is 5.41 Å². The molecule has 26 heavy (non-hydrogen) atoms. The number of allylic oxidation sites excluding steroid dienone is 1. The number of benzene rings is 2. The predicted molar refractivity (Wildman–Crippen MR) is 111 cm³/mol. The molecule has 1 aromatic heterocycles. The van der Waals surface area contributed by atoms with Gasteiger partial charge < -0.3 is 0 Å². The molecule has 0 fully saturated rings. The van der Waals surface area contributed by atoms with Gasteiger partial charge in [-0.25, -0.2) is 4.68 Å². The SMILES string of the molecule is C=C(c1ccc(C)c(C)c1)C(C)(C)Cc1cn(-c2ccccc2)nc1C. The highest BCUT2D eigenvalue weighted by molar-refractivity contribution is 5.69. The molecule has 3 aromatic rings. The minimum atomic E-state index is -0.0446. The lowest BCUT2D eigenvalue weighted by Gasteiger charge is -2.28. The van der Waals surface area contributed by atoms with E-state index < -0.39 is 0 Å². The Labute approximate surface area is 157 Å². The van der Waals surface area contributed by atoms with Gasteiger partial charge in [-0.05, 0) is 72.6 Å². The van der Waals surface area contributed by atoms with E-state index in [4.69, 9.17) is 5.10 Å². The first-order valence-electron chi connectivity index (χ1n) is 9.15. The van der Waals surface area contributed by atoms with Crippen LogP contribution in [0.2, 0.25) is 0 Å². The van der Waals surface area contributed by atoms with Gasteiger partial charge in [0.1, 0.15) is 0 Å². The lowest BCUT2D eigenvalue weighted by Crippen LogP contribution is -2.17. The van der Waals surface area contributed by atoms with Crippen LogP contribution in [-0.4, -0.2) is 9.78 Å². The Balaban J connectivity index is 1.86. The van der Waals surface area contributed by atoms with Crippen molar-refractivity contribution in [2.75, 3.05) is 0 Å². The van der Waals surface area contributed by atoms with Gasteiger partial charge in [-0.15, -0.1) is 0 Å². The predicted octanol–water partition coefficient (Wildman–Crippen LogP) is 6.08. The molecule has 0 unspecified atom stereocenters. The molecule has 3 rings (SSSR count). The summed E-state index contributed by atoms with van der Waals surface area (Å²) in [6.07, 6.45) is 3.07. The molecule has 0 aliphatic rings. The lowest BCUT2D eigenvalue weighted by molar-refractivity contribution is 0.498. The highest BCUT2D eigenvalue weighted by Gasteiger charge is 2.25. The third-order valence-corrected chi connectivity index (χ3v) is 5.33. The monoisotopic (exact) mass is 344 g/mol. The molecule has 1 heterocycles. The van der Waals surface area contributed by atoms with Gasteiger partial charge in [-0.1, -0.05) is 56.8 Å². The van der Waals surface area contributed by atoms with Crippen LogP contribution in [0, 0.1) is 26.2 Å². The summed E-state index contributed by atoms with van der Waals surface area (Å²) in [6.45, 7) is 15.4. The first-order valence-corrected chi connectivity index (χ1v) is 9.15. The molecule has 0 amide bonds. The second kappa shape index (κ2) is 6.95. The van der Waals surface area contributed by atoms with E-state index in [2.05, 4.69) is 77.7 Å². The summed E-state index contributed by atoms with van der Waals surface area (Å²) in [4.78, 5) is 0. The van der Waals surface area contributed by atoms with Crippen molar-refractivity contribution in [1.29, 1.82) is 0 Å². The van der Waals surface area contributed by atoms with Crippen molar-refractivity contribution >= 4 is 5.57 Å². The third-order valence-electron chi connectivity index (χ3n) is 5.33. The van der Waals surface area contributed by atoms with E-state index in [1.165, 1.54) is 27.8 Å². The molecule has 0 atom stereocenters. The van der Waals surface area contributed by atoms with Crippen molar-refractivity contribution in [3.8, 4) is 5.69 Å². The van der Waals surface area contributed by atoms with E-state index in [-0.39, 0.29) is 5.41 Å². The Morgan fingerprint density at radius 2 is 1.69 bits per heavy atom. The van der Waals surface area contributed by atoms with Crippen molar-refractivity contribution in [3.63, 3.8) is 0 Å². The van der Waals surface area contributed by atoms with Gasteiger partial charge in [-0.2, -0.15) is 5.10 Å². The van der Waals surface area contributed by atoms with Gasteiger partial charge in [-0.3, -0.25) is 0 Å². The van der Waals surface area contributed by atoms with Crippen LogP contribution in [-0.2, 0) is 6.42 Å². The summed E-state index contributed by atoms with van der Waals surface area (Å²) in [5, 5.41) is 4.71. The number of nitrogens with zero attached hydrogens (tertiary/aromatic N) is 2. The Bertz CT molecular complexity index is 930. The molecule has 0 saturated carbocycles. The molecular formula is C24H28N2. The van der Waals surface area contributed by atoms with Crippen LogP contribution in [0.1, 0.15) is 41.8 Å². The second-order valence-corrected chi connectivity index (χ2v) is 7.86. The third kappa shape index (κ3) is 3.65. The maximum Gasteiger partial charge on any atom is 0.0645 e. The smallest absolute Gasteiger partial charge is 0.0645 e. The van der Waals surface area contributed by atoms with Crippen molar-refractivity contribution in [1.82, 2.24) is 9.78 Å². The minimum Gasteiger partial charge on any atom is -0.240 e. The van der Waals surface area contributed by atoms with Crippen LogP contribution in [0.4, 0.5) is 0 Å². The van der Waals surface area contributed by atoms with Crippen molar-refractivity contribution < 1.29 is 0 Å². The van der Waals surface area contributed by atoms with Crippen LogP contribution < -0.4 is 0 Å². The van der Waals surface area contributed by atoms with E-state index in [1.807, 2.05) is 22.9 Å². The fourth-order valence-corrected chi connectivity index (χ4v) is 3.28. The molecule has 0 radical (unpaired) electrons. The molecule has 0 bridgehead atoms. The number of aryl methyl sites for hydroxylation is 3. The molecule has 2 heteroatoms. The Morgan fingerprint density at radius 3 is 2.35 bits per heavy atom. The zero-order valence-electron chi connectivity index (χ0n) is 16.5. The molecule has 2 nitrogen and oxygen atoms in total. The minimum absolute atomic E-state index is 0.0446. The summed E-state index contributed by atoms with van der Waals surface area (Å²) < 4.78 is 1.97. The van der Waals surface area contributed by atoms with Gasteiger partial charge >= 0.3 is 0 Å². The van der Waals surface area contributed by atoms with Crippen LogP contribution in [0.15, 0.2) is 61.3 Å². The summed E-state index contributed by atoms with van der Waals surface area (Å²) in [7, 11) is 0. The first-order chi connectivity index (χ1) is 12.3. The molecular weight excluding hydrogens is 316 g/mol. The summed E-state index contributed by atoms with van der Waals surface area (Å²) in [6, 6.07) is 16.9. The average Bonchev–Trinajstić information content (AvgIpc) is 2.97. The number of para-hydroxylation sites is 1. The van der Waals surface area contributed by atoms with E-state index in [9.17, 15) is 0 Å². The zero-order chi connectivity index (χ0) is 18.9. The number of aromatic nitrogens is 2. The van der Waals surface area contributed by atoms with E-state index in [0.29, 0.717) is 0 Å². The standard InChI is InChI=1S/C24H28N2/c1-17-12-13-21(14-18(17)2)19(3)24(5,6)15-22-16-26(25-20(22)4)23-10-8-7-9-11-23/h7-14,16H,3,15H2,1-2,4-6H3. The second-order valence-electron chi connectivity index (χ2n) is 7.86. The zero-order valence-corrected chi connectivity index (χ0v) is 16.5. The average molecular weight is 345 g/mol. The van der Waals surface area contributed by atoms with Crippen LogP contribution in [0.25, 0.3) is 11.3 Å². The highest BCUT2D eigenvalue weighted by atomic mass is 15.3. The topological polar surface area (TPSA) is 17.8 Å². The molecule has 0 aliphatic heterocycles. The maximum absolute atomic E-state index is 4.71. The van der Waals surface area contributed by atoms with Crippen molar-refractivity contribution in [2.45, 2.75) is 41.0 Å². The van der Waals surface area contributed by atoms with Gasteiger partial charge in [0.2, 0.25) is 0 Å². The van der Waals surface area contributed by atoms with Gasteiger partial charge in [0.05, 0.1) is 11.4 Å². The maximum atomic E-state index is 4.71. The van der Waals surface area contributed by atoms with Crippen LogP contribution in [0.3, 0.4) is 0 Å². The van der Waals surface area contributed by atoms with Gasteiger partial charge in [0.25, 0.3) is 0 Å². The Kier molecular flexibility index (Phi) is 4.86. The fraction of sp³-hybridized carbons (Fsp3) is 0.292. The van der Waals surface area contributed by atoms with Crippen LogP contribution in [0.5, 0.6) is 0 Å². The Morgan fingerprint density at radius 1 is 1.00 bits per heavy atom. The number of rotatable bonds is 5. The molecule has 0 aliphatic carbocycles. The van der Waals surface area contributed by atoms with Crippen LogP contribution >= 0.6 is 0 Å². The highest BCUT2D eigenvalue weighted by Crippen LogP contribution is 2.37. The summed E-state index contributed by atoms with van der Waals surface area (Å²) in [5.41, 5.74) is 8.42. The quantitative estimate of drug-likeness (QED) is 0.548. The molecule has 0 N–H and O–H groups in total. The summed E-state index contributed by atoms with van der Waals surface area (Å²) in [5.74, 6) is 0. The van der Waals surface area contributed by atoms with E-state index in [0.717, 1.165) is 17.8 Å². The molecule has 0 saturated heterocycles. The van der Waals surface area contributed by atoms with E-state index >= 15 is 0 Å².